The lowest BCUT2D eigenvalue weighted by Gasteiger charge is -2.12. The van der Waals surface area contributed by atoms with E-state index in [0.29, 0.717) is 0 Å². The molecule has 2 rings (SSSR count). The highest BCUT2D eigenvalue weighted by atomic mass is 35.5. The second-order valence-corrected chi connectivity index (χ2v) is 6.40. The Morgan fingerprint density at radius 2 is 1.84 bits per heavy atom. The second-order valence-electron chi connectivity index (χ2n) is 4.85. The lowest BCUT2D eigenvalue weighted by Crippen LogP contribution is -2.18. The van der Waals surface area contributed by atoms with Gasteiger partial charge in [0.1, 0.15) is 0 Å². The van der Waals surface area contributed by atoms with Gasteiger partial charge in [-0.2, -0.15) is 0 Å². The third kappa shape index (κ3) is 4.27. The van der Waals surface area contributed by atoms with Gasteiger partial charge >= 0.3 is 0 Å². The molecule has 1 unspecified atom stereocenters. The van der Waals surface area contributed by atoms with Crippen molar-refractivity contribution < 1.29 is 0 Å². The number of hydrogen-bond donors (Lipinski definition) is 1. The van der Waals surface area contributed by atoms with Crippen LogP contribution in [0.5, 0.6) is 0 Å². The summed E-state index contributed by atoms with van der Waals surface area (Å²) >= 11 is 7.83. The molecule has 2 N–H and O–H groups in total. The molecular weight excluding hydrogens is 274 g/mol. The van der Waals surface area contributed by atoms with E-state index in [2.05, 4.69) is 37.3 Å². The van der Waals surface area contributed by atoms with Crippen LogP contribution in [0.4, 0.5) is 0 Å². The first-order valence-corrected chi connectivity index (χ1v) is 7.52. The van der Waals surface area contributed by atoms with E-state index in [0.717, 1.165) is 11.4 Å². The van der Waals surface area contributed by atoms with Crippen LogP contribution in [-0.2, 0) is 6.42 Å². The van der Waals surface area contributed by atoms with Crippen LogP contribution in [0.15, 0.2) is 52.3 Å². The Labute approximate surface area is 124 Å². The van der Waals surface area contributed by atoms with Gasteiger partial charge in [0.15, 0.2) is 0 Å². The maximum absolute atomic E-state index is 6.07. The Balaban J connectivity index is 2.26. The summed E-state index contributed by atoms with van der Waals surface area (Å²) in [6, 6.07) is 14.7. The van der Waals surface area contributed by atoms with Crippen LogP contribution in [-0.4, -0.2) is 6.04 Å². The van der Waals surface area contributed by atoms with Gasteiger partial charge in [0.05, 0.1) is 0 Å². The molecule has 0 amide bonds. The first-order valence-electron chi connectivity index (χ1n) is 6.33. The van der Waals surface area contributed by atoms with Crippen molar-refractivity contribution in [3.63, 3.8) is 0 Å². The minimum Gasteiger partial charge on any atom is -0.328 e. The predicted molar refractivity (Wildman–Crippen MR) is 84.1 cm³/mol. The Bertz CT molecular complexity index is 549. The zero-order valence-corrected chi connectivity index (χ0v) is 12.8. The summed E-state index contributed by atoms with van der Waals surface area (Å²) in [7, 11) is 0. The van der Waals surface area contributed by atoms with E-state index in [-0.39, 0.29) is 6.04 Å². The molecule has 2 aromatic carbocycles. The van der Waals surface area contributed by atoms with E-state index in [9.17, 15) is 0 Å². The van der Waals surface area contributed by atoms with Crippen LogP contribution in [0, 0.1) is 6.92 Å². The van der Waals surface area contributed by atoms with Crippen molar-refractivity contribution in [1.82, 2.24) is 0 Å². The number of nitrogens with two attached hydrogens (primary N) is 1. The van der Waals surface area contributed by atoms with E-state index >= 15 is 0 Å². The Hall–Kier alpha value is -0.960. The monoisotopic (exact) mass is 291 g/mol. The summed E-state index contributed by atoms with van der Waals surface area (Å²) in [6.07, 6.45) is 0.842. The standard InChI is InChI=1S/C16H18ClNS/c1-11-3-6-15(7-4-11)19-16-8-5-14(17)10-13(16)9-12(2)18/h3-8,10,12H,9,18H2,1-2H3. The van der Waals surface area contributed by atoms with Crippen LogP contribution in [0.2, 0.25) is 5.02 Å². The molecule has 19 heavy (non-hydrogen) atoms. The highest BCUT2D eigenvalue weighted by molar-refractivity contribution is 7.99. The van der Waals surface area contributed by atoms with Crippen molar-refractivity contribution in [3.8, 4) is 0 Å². The fourth-order valence-electron chi connectivity index (χ4n) is 1.89. The summed E-state index contributed by atoms with van der Waals surface area (Å²) < 4.78 is 0. The van der Waals surface area contributed by atoms with Crippen LogP contribution in [0.1, 0.15) is 18.1 Å². The number of rotatable bonds is 4. The third-order valence-electron chi connectivity index (χ3n) is 2.81. The minimum absolute atomic E-state index is 0.135. The summed E-state index contributed by atoms with van der Waals surface area (Å²) in [5, 5.41) is 0.768. The first-order chi connectivity index (χ1) is 9.04. The first kappa shape index (κ1) is 14.4. The second kappa shape index (κ2) is 6.47. The van der Waals surface area contributed by atoms with Crippen molar-refractivity contribution in [2.24, 2.45) is 5.73 Å². The van der Waals surface area contributed by atoms with E-state index < -0.39 is 0 Å². The lowest BCUT2D eigenvalue weighted by atomic mass is 10.1. The van der Waals surface area contributed by atoms with Crippen LogP contribution < -0.4 is 5.73 Å². The van der Waals surface area contributed by atoms with Crippen molar-refractivity contribution in [1.29, 1.82) is 0 Å². The maximum atomic E-state index is 6.07. The van der Waals surface area contributed by atoms with E-state index in [1.54, 1.807) is 11.8 Å². The molecule has 0 saturated carbocycles. The molecule has 3 heteroatoms. The lowest BCUT2D eigenvalue weighted by molar-refractivity contribution is 0.729. The average Bonchev–Trinajstić information content (AvgIpc) is 2.34. The van der Waals surface area contributed by atoms with Gasteiger partial charge in [-0.3, -0.25) is 0 Å². The highest BCUT2D eigenvalue weighted by Crippen LogP contribution is 2.32. The molecule has 0 saturated heterocycles. The SMILES string of the molecule is Cc1ccc(Sc2ccc(Cl)cc2CC(C)N)cc1. The predicted octanol–water partition coefficient (Wildman–Crippen LogP) is 4.69. The maximum Gasteiger partial charge on any atom is 0.0409 e. The molecule has 2 aromatic rings. The van der Waals surface area contributed by atoms with Gasteiger partial charge in [-0.25, -0.2) is 0 Å². The van der Waals surface area contributed by atoms with Crippen molar-refractivity contribution >= 4 is 23.4 Å². The Kier molecular flexibility index (Phi) is 4.92. The zero-order chi connectivity index (χ0) is 13.8. The molecule has 0 aliphatic heterocycles. The minimum atomic E-state index is 0.135. The van der Waals surface area contributed by atoms with Crippen LogP contribution >= 0.6 is 23.4 Å². The summed E-state index contributed by atoms with van der Waals surface area (Å²) in [5.41, 5.74) is 8.39. The van der Waals surface area contributed by atoms with Gasteiger partial charge in [0.25, 0.3) is 0 Å². The summed E-state index contributed by atoms with van der Waals surface area (Å²) in [5.74, 6) is 0. The van der Waals surface area contributed by atoms with Gasteiger partial charge in [-0.15, -0.1) is 0 Å². The third-order valence-corrected chi connectivity index (χ3v) is 4.17. The fraction of sp³-hybridized carbons (Fsp3) is 0.250. The van der Waals surface area contributed by atoms with Crippen molar-refractivity contribution in [2.75, 3.05) is 0 Å². The number of hydrogen-bond acceptors (Lipinski definition) is 2. The van der Waals surface area contributed by atoms with Gasteiger partial charge in [0, 0.05) is 20.9 Å². The molecular formula is C16H18ClNS. The molecule has 0 bridgehead atoms. The molecule has 0 spiro atoms. The van der Waals surface area contributed by atoms with Gasteiger partial charge in [-0.05, 0) is 56.2 Å². The molecule has 0 heterocycles. The molecule has 0 aliphatic carbocycles. The van der Waals surface area contributed by atoms with E-state index in [4.69, 9.17) is 17.3 Å². The number of halogens is 1. The molecule has 100 valence electrons. The van der Waals surface area contributed by atoms with Crippen LogP contribution in [0.3, 0.4) is 0 Å². The topological polar surface area (TPSA) is 26.0 Å². The zero-order valence-electron chi connectivity index (χ0n) is 11.2. The smallest absolute Gasteiger partial charge is 0.0409 e. The van der Waals surface area contributed by atoms with E-state index in [1.807, 2.05) is 19.1 Å². The Morgan fingerprint density at radius 1 is 1.16 bits per heavy atom. The molecule has 0 aliphatic rings. The summed E-state index contributed by atoms with van der Waals surface area (Å²) in [4.78, 5) is 2.46. The number of aryl methyl sites for hydroxylation is 1. The van der Waals surface area contributed by atoms with Gasteiger partial charge in [0.2, 0.25) is 0 Å². The molecule has 0 radical (unpaired) electrons. The molecule has 0 fully saturated rings. The van der Waals surface area contributed by atoms with Crippen molar-refractivity contribution in [3.05, 3.63) is 58.6 Å². The molecule has 1 atom stereocenters. The fourth-order valence-corrected chi connectivity index (χ4v) is 3.02. The normalized spacial score (nSPS) is 12.4. The Morgan fingerprint density at radius 3 is 2.47 bits per heavy atom. The van der Waals surface area contributed by atoms with Crippen molar-refractivity contribution in [2.45, 2.75) is 36.1 Å². The molecule has 1 nitrogen and oxygen atoms in total. The average molecular weight is 292 g/mol. The quantitative estimate of drug-likeness (QED) is 0.884. The molecule has 0 aromatic heterocycles. The largest absolute Gasteiger partial charge is 0.328 e. The summed E-state index contributed by atoms with van der Waals surface area (Å²) in [6.45, 7) is 4.11. The van der Waals surface area contributed by atoms with Gasteiger partial charge in [-0.1, -0.05) is 41.1 Å². The van der Waals surface area contributed by atoms with Gasteiger partial charge < -0.3 is 5.73 Å². The van der Waals surface area contributed by atoms with Crippen LogP contribution in [0.25, 0.3) is 0 Å². The highest BCUT2D eigenvalue weighted by Gasteiger charge is 2.07. The van der Waals surface area contributed by atoms with E-state index in [1.165, 1.54) is 20.9 Å². The number of benzene rings is 2.